The molecule has 0 saturated carbocycles. The van der Waals surface area contributed by atoms with Gasteiger partial charge in [-0.2, -0.15) is 0 Å². The molecule has 0 heterocycles. The second kappa shape index (κ2) is 7.27. The molecule has 100 valence electrons. The van der Waals surface area contributed by atoms with E-state index in [1.165, 1.54) is 0 Å². The average molecular weight is 243 g/mol. The highest BCUT2D eigenvalue weighted by molar-refractivity contribution is 5.79. The van der Waals surface area contributed by atoms with Crippen LogP contribution >= 0.6 is 0 Å². The SMILES string of the molecule is CC(C)NC(=O)CNCCC(=O)NC(C)(C)C. The first-order valence-electron chi connectivity index (χ1n) is 6.02. The maximum atomic E-state index is 11.4. The average Bonchev–Trinajstić information content (AvgIpc) is 2.08. The number of amides is 2. The van der Waals surface area contributed by atoms with Gasteiger partial charge in [-0.25, -0.2) is 0 Å². The third-order valence-electron chi connectivity index (χ3n) is 1.78. The van der Waals surface area contributed by atoms with Gasteiger partial charge in [-0.1, -0.05) is 0 Å². The minimum Gasteiger partial charge on any atom is -0.353 e. The lowest BCUT2D eigenvalue weighted by Crippen LogP contribution is -2.42. The van der Waals surface area contributed by atoms with E-state index in [4.69, 9.17) is 0 Å². The van der Waals surface area contributed by atoms with Crippen molar-refractivity contribution >= 4 is 11.8 Å². The Bertz CT molecular complexity index is 257. The molecule has 0 bridgehead atoms. The summed E-state index contributed by atoms with van der Waals surface area (Å²) in [7, 11) is 0. The summed E-state index contributed by atoms with van der Waals surface area (Å²) in [4.78, 5) is 22.7. The fourth-order valence-corrected chi connectivity index (χ4v) is 1.26. The van der Waals surface area contributed by atoms with E-state index in [-0.39, 0.29) is 29.9 Å². The zero-order valence-corrected chi connectivity index (χ0v) is 11.5. The normalized spacial score (nSPS) is 11.4. The summed E-state index contributed by atoms with van der Waals surface area (Å²) in [6.07, 6.45) is 0.381. The van der Waals surface area contributed by atoms with Crippen LogP contribution in [0.2, 0.25) is 0 Å². The fraction of sp³-hybridized carbons (Fsp3) is 0.833. The number of hydrogen-bond acceptors (Lipinski definition) is 3. The Hall–Kier alpha value is -1.10. The molecule has 0 spiro atoms. The summed E-state index contributed by atoms with van der Waals surface area (Å²) < 4.78 is 0. The van der Waals surface area contributed by atoms with E-state index in [0.29, 0.717) is 13.0 Å². The van der Waals surface area contributed by atoms with Crippen LogP contribution in [0.5, 0.6) is 0 Å². The van der Waals surface area contributed by atoms with E-state index < -0.39 is 0 Å². The minimum absolute atomic E-state index is 0.00531. The Morgan fingerprint density at radius 3 is 2.18 bits per heavy atom. The predicted molar refractivity (Wildman–Crippen MR) is 68.7 cm³/mol. The van der Waals surface area contributed by atoms with Gasteiger partial charge in [0.25, 0.3) is 0 Å². The van der Waals surface area contributed by atoms with Crippen LogP contribution in [0.25, 0.3) is 0 Å². The van der Waals surface area contributed by atoms with E-state index in [1.54, 1.807) is 0 Å². The largest absolute Gasteiger partial charge is 0.353 e. The third-order valence-corrected chi connectivity index (χ3v) is 1.78. The third kappa shape index (κ3) is 11.2. The molecule has 0 aliphatic heterocycles. The van der Waals surface area contributed by atoms with Crippen molar-refractivity contribution in [2.75, 3.05) is 13.1 Å². The van der Waals surface area contributed by atoms with Crippen LogP contribution in [0.3, 0.4) is 0 Å². The molecule has 0 aromatic carbocycles. The topological polar surface area (TPSA) is 70.2 Å². The van der Waals surface area contributed by atoms with Gasteiger partial charge in [0.15, 0.2) is 0 Å². The van der Waals surface area contributed by atoms with Gasteiger partial charge in [0.2, 0.25) is 11.8 Å². The van der Waals surface area contributed by atoms with Crippen LogP contribution in [-0.2, 0) is 9.59 Å². The quantitative estimate of drug-likeness (QED) is 0.592. The molecular formula is C12H25N3O2. The Morgan fingerprint density at radius 2 is 1.71 bits per heavy atom. The van der Waals surface area contributed by atoms with Crippen LogP contribution in [0.15, 0.2) is 0 Å². The highest BCUT2D eigenvalue weighted by atomic mass is 16.2. The summed E-state index contributed by atoms with van der Waals surface area (Å²) >= 11 is 0. The molecule has 0 radical (unpaired) electrons. The highest BCUT2D eigenvalue weighted by Crippen LogP contribution is 1.98. The zero-order valence-electron chi connectivity index (χ0n) is 11.5. The van der Waals surface area contributed by atoms with E-state index in [0.717, 1.165) is 0 Å². The van der Waals surface area contributed by atoms with E-state index in [9.17, 15) is 9.59 Å². The van der Waals surface area contributed by atoms with Crippen LogP contribution in [0, 0.1) is 0 Å². The van der Waals surface area contributed by atoms with Gasteiger partial charge >= 0.3 is 0 Å². The molecule has 0 saturated heterocycles. The molecule has 5 heteroatoms. The van der Waals surface area contributed by atoms with Crippen molar-refractivity contribution < 1.29 is 9.59 Å². The summed E-state index contributed by atoms with van der Waals surface area (Å²) in [6, 6.07) is 0.147. The Kier molecular flexibility index (Phi) is 6.80. The lowest BCUT2D eigenvalue weighted by Gasteiger charge is -2.20. The van der Waals surface area contributed by atoms with Gasteiger partial charge in [-0.05, 0) is 34.6 Å². The van der Waals surface area contributed by atoms with E-state index in [1.807, 2.05) is 34.6 Å². The van der Waals surface area contributed by atoms with Crippen LogP contribution in [0.1, 0.15) is 41.0 Å². The molecule has 5 nitrogen and oxygen atoms in total. The molecule has 0 aliphatic rings. The molecular weight excluding hydrogens is 218 g/mol. The number of rotatable bonds is 6. The van der Waals surface area contributed by atoms with Crippen molar-refractivity contribution in [3.05, 3.63) is 0 Å². The molecule has 0 aromatic heterocycles. The zero-order chi connectivity index (χ0) is 13.5. The molecule has 17 heavy (non-hydrogen) atoms. The minimum atomic E-state index is -0.202. The summed E-state index contributed by atoms with van der Waals surface area (Å²) in [5.74, 6) is -0.0505. The maximum Gasteiger partial charge on any atom is 0.234 e. The highest BCUT2D eigenvalue weighted by Gasteiger charge is 2.13. The van der Waals surface area contributed by atoms with Crippen molar-refractivity contribution in [2.24, 2.45) is 0 Å². The van der Waals surface area contributed by atoms with Crippen LogP contribution in [0.4, 0.5) is 0 Å². The van der Waals surface area contributed by atoms with E-state index in [2.05, 4.69) is 16.0 Å². The van der Waals surface area contributed by atoms with Gasteiger partial charge in [-0.3, -0.25) is 9.59 Å². The molecule has 3 N–H and O–H groups in total. The Labute approximate surface area is 104 Å². The van der Waals surface area contributed by atoms with Crippen molar-refractivity contribution in [3.8, 4) is 0 Å². The van der Waals surface area contributed by atoms with Crippen LogP contribution < -0.4 is 16.0 Å². The van der Waals surface area contributed by atoms with Gasteiger partial charge in [0.05, 0.1) is 6.54 Å². The molecule has 0 fully saturated rings. The first-order valence-corrected chi connectivity index (χ1v) is 6.02. The lowest BCUT2D eigenvalue weighted by molar-refractivity contribution is -0.123. The molecule has 0 aromatic rings. The second-order valence-electron chi connectivity index (χ2n) is 5.45. The van der Waals surface area contributed by atoms with Crippen molar-refractivity contribution in [1.29, 1.82) is 0 Å². The van der Waals surface area contributed by atoms with Gasteiger partial charge in [0.1, 0.15) is 0 Å². The van der Waals surface area contributed by atoms with Gasteiger partial charge < -0.3 is 16.0 Å². The number of carbonyl (C=O) groups excluding carboxylic acids is 2. The standard InChI is InChI=1S/C12H25N3O2/c1-9(2)14-11(17)8-13-7-6-10(16)15-12(3,4)5/h9,13H,6-8H2,1-5H3,(H,14,17)(H,15,16). The molecule has 0 rings (SSSR count). The predicted octanol–water partition coefficient (Wildman–Crippen LogP) is 0.405. The second-order valence-corrected chi connectivity index (χ2v) is 5.45. The number of hydrogen-bond donors (Lipinski definition) is 3. The van der Waals surface area contributed by atoms with Crippen molar-refractivity contribution in [2.45, 2.75) is 52.6 Å². The van der Waals surface area contributed by atoms with Crippen LogP contribution in [-0.4, -0.2) is 36.5 Å². The molecule has 0 atom stereocenters. The van der Waals surface area contributed by atoms with Crippen molar-refractivity contribution in [3.63, 3.8) is 0 Å². The van der Waals surface area contributed by atoms with Gasteiger partial charge in [0, 0.05) is 24.5 Å². The Balaban J connectivity index is 3.58. The fourth-order valence-electron chi connectivity index (χ4n) is 1.26. The molecule has 0 aliphatic carbocycles. The Morgan fingerprint density at radius 1 is 1.12 bits per heavy atom. The van der Waals surface area contributed by atoms with E-state index >= 15 is 0 Å². The number of carbonyl (C=O) groups is 2. The first-order chi connectivity index (χ1) is 7.70. The molecule has 0 unspecified atom stereocenters. The van der Waals surface area contributed by atoms with Gasteiger partial charge in [-0.15, -0.1) is 0 Å². The smallest absolute Gasteiger partial charge is 0.234 e. The number of nitrogens with one attached hydrogen (secondary N) is 3. The first kappa shape index (κ1) is 15.9. The monoisotopic (exact) mass is 243 g/mol. The maximum absolute atomic E-state index is 11.4. The summed E-state index contributed by atoms with van der Waals surface area (Å²) in [5, 5.41) is 8.56. The lowest BCUT2D eigenvalue weighted by atomic mass is 10.1. The summed E-state index contributed by atoms with van der Waals surface area (Å²) in [6.45, 7) is 10.4. The van der Waals surface area contributed by atoms with Crippen molar-refractivity contribution in [1.82, 2.24) is 16.0 Å². The summed E-state index contributed by atoms with van der Waals surface area (Å²) in [5.41, 5.74) is -0.202. The molecule has 2 amide bonds.